The molecule has 0 saturated heterocycles. The second-order valence-corrected chi connectivity index (χ2v) is 1.75. The number of nitrogens with one attached hydrogen (secondary N) is 1. The van der Waals surface area contributed by atoms with E-state index >= 15 is 0 Å². The van der Waals surface area contributed by atoms with Crippen molar-refractivity contribution in [1.29, 1.82) is 0 Å². The minimum atomic E-state index is -0.311. The fourth-order valence-corrected chi connectivity index (χ4v) is 0.320. The number of rotatable bonds is 3. The maximum atomic E-state index is 10.4. The lowest BCUT2D eigenvalue weighted by molar-refractivity contribution is -0.144. The van der Waals surface area contributed by atoms with Crippen LogP contribution in [0.5, 0.6) is 0 Å². The van der Waals surface area contributed by atoms with E-state index in [9.17, 15) is 9.59 Å². The van der Waals surface area contributed by atoms with Crippen LogP contribution >= 0.6 is 0 Å². The van der Waals surface area contributed by atoms with Crippen LogP contribution < -0.4 is 5.32 Å². The molecule has 58 valence electrons. The van der Waals surface area contributed by atoms with Gasteiger partial charge in [-0.25, -0.2) is 0 Å². The van der Waals surface area contributed by atoms with E-state index in [2.05, 4.69) is 10.1 Å². The average molecular weight is 145 g/mol. The quantitative estimate of drug-likeness (QED) is 0.450. The molecule has 0 aromatic carbocycles. The Balaban J connectivity index is 3.20. The van der Waals surface area contributed by atoms with Crippen molar-refractivity contribution in [2.24, 2.45) is 0 Å². The minimum absolute atomic E-state index is 0.0258. The molecule has 0 unspecified atom stereocenters. The Morgan fingerprint density at radius 1 is 1.50 bits per heavy atom. The van der Waals surface area contributed by atoms with Crippen molar-refractivity contribution >= 4 is 11.9 Å². The SMILES string of the molecule is CCC(=O)OCNC(C)=O. The lowest BCUT2D eigenvalue weighted by atomic mass is 10.5. The molecule has 0 spiro atoms. The summed E-state index contributed by atoms with van der Waals surface area (Å²) in [5, 5.41) is 2.33. The van der Waals surface area contributed by atoms with Crippen LogP contribution in [0.2, 0.25) is 0 Å². The normalized spacial score (nSPS) is 8.60. The van der Waals surface area contributed by atoms with Crippen molar-refractivity contribution in [2.45, 2.75) is 20.3 Å². The number of esters is 1. The summed E-state index contributed by atoms with van der Waals surface area (Å²) in [6.07, 6.45) is 0.333. The van der Waals surface area contributed by atoms with Crippen LogP contribution in [0.4, 0.5) is 0 Å². The van der Waals surface area contributed by atoms with Crippen LogP contribution in [0.1, 0.15) is 20.3 Å². The Labute approximate surface area is 59.6 Å². The Hall–Kier alpha value is -1.06. The van der Waals surface area contributed by atoms with Crippen LogP contribution in [0.15, 0.2) is 0 Å². The summed E-state index contributed by atoms with van der Waals surface area (Å²) in [6, 6.07) is 0. The van der Waals surface area contributed by atoms with Crippen LogP contribution in [-0.2, 0) is 14.3 Å². The third-order valence-electron chi connectivity index (χ3n) is 0.843. The highest BCUT2D eigenvalue weighted by atomic mass is 16.5. The van der Waals surface area contributed by atoms with Gasteiger partial charge in [0.1, 0.15) is 0 Å². The van der Waals surface area contributed by atoms with E-state index in [1.54, 1.807) is 6.92 Å². The molecule has 0 aliphatic rings. The van der Waals surface area contributed by atoms with Crippen molar-refractivity contribution in [2.75, 3.05) is 6.73 Å². The van der Waals surface area contributed by atoms with Gasteiger partial charge in [0, 0.05) is 13.3 Å². The van der Waals surface area contributed by atoms with E-state index in [4.69, 9.17) is 0 Å². The van der Waals surface area contributed by atoms with Gasteiger partial charge in [0.05, 0.1) is 0 Å². The molecule has 1 N–H and O–H groups in total. The van der Waals surface area contributed by atoms with Gasteiger partial charge in [0.25, 0.3) is 0 Å². The molecule has 0 rings (SSSR count). The number of carbonyl (C=O) groups is 2. The summed E-state index contributed by atoms with van der Waals surface area (Å²) in [5.74, 6) is -0.516. The van der Waals surface area contributed by atoms with Gasteiger partial charge in [-0.3, -0.25) is 9.59 Å². The molecule has 0 atom stereocenters. The molecule has 4 heteroatoms. The predicted octanol–water partition coefficient (Wildman–Crippen LogP) is 0.0332. The van der Waals surface area contributed by atoms with Crippen LogP contribution in [0.3, 0.4) is 0 Å². The topological polar surface area (TPSA) is 55.4 Å². The highest BCUT2D eigenvalue weighted by molar-refractivity contribution is 5.73. The molecule has 0 aliphatic heterocycles. The van der Waals surface area contributed by atoms with Crippen LogP contribution in [-0.4, -0.2) is 18.6 Å². The Morgan fingerprint density at radius 2 is 2.10 bits per heavy atom. The second kappa shape index (κ2) is 4.78. The fourth-order valence-electron chi connectivity index (χ4n) is 0.320. The minimum Gasteiger partial charge on any atom is -0.444 e. The fraction of sp³-hybridized carbons (Fsp3) is 0.667. The summed E-state index contributed by atoms with van der Waals surface area (Å²) >= 11 is 0. The number of ether oxygens (including phenoxy) is 1. The molecule has 4 nitrogen and oxygen atoms in total. The number of hydrogen-bond acceptors (Lipinski definition) is 3. The first kappa shape index (κ1) is 8.94. The Kier molecular flexibility index (Phi) is 4.28. The molecular weight excluding hydrogens is 134 g/mol. The van der Waals surface area contributed by atoms with Crippen molar-refractivity contribution < 1.29 is 14.3 Å². The van der Waals surface area contributed by atoms with Gasteiger partial charge in [-0.15, -0.1) is 0 Å². The average Bonchev–Trinajstić information content (AvgIpc) is 1.87. The third-order valence-corrected chi connectivity index (χ3v) is 0.843. The monoisotopic (exact) mass is 145 g/mol. The van der Waals surface area contributed by atoms with Gasteiger partial charge in [-0.05, 0) is 0 Å². The van der Waals surface area contributed by atoms with Crippen molar-refractivity contribution in [3.8, 4) is 0 Å². The van der Waals surface area contributed by atoms with E-state index in [0.29, 0.717) is 6.42 Å². The molecule has 0 aromatic heterocycles. The maximum Gasteiger partial charge on any atom is 0.307 e. The highest BCUT2D eigenvalue weighted by Gasteiger charge is 1.96. The van der Waals surface area contributed by atoms with Gasteiger partial charge < -0.3 is 10.1 Å². The molecule has 10 heavy (non-hydrogen) atoms. The Bertz CT molecular complexity index is 133. The van der Waals surface area contributed by atoms with Crippen molar-refractivity contribution in [1.82, 2.24) is 5.32 Å². The number of amides is 1. The van der Waals surface area contributed by atoms with E-state index in [0.717, 1.165) is 0 Å². The summed E-state index contributed by atoms with van der Waals surface area (Å²) in [5.41, 5.74) is 0. The molecule has 0 bridgehead atoms. The molecule has 0 fully saturated rings. The molecule has 0 radical (unpaired) electrons. The first-order valence-corrected chi connectivity index (χ1v) is 3.07. The zero-order valence-electron chi connectivity index (χ0n) is 6.14. The van der Waals surface area contributed by atoms with Gasteiger partial charge in [0.15, 0.2) is 6.73 Å². The molecule has 0 saturated carbocycles. The van der Waals surface area contributed by atoms with E-state index in [1.807, 2.05) is 0 Å². The smallest absolute Gasteiger partial charge is 0.307 e. The maximum absolute atomic E-state index is 10.4. The summed E-state index contributed by atoms with van der Waals surface area (Å²) in [7, 11) is 0. The number of hydrogen-bond donors (Lipinski definition) is 1. The molecule has 1 amide bonds. The van der Waals surface area contributed by atoms with Crippen LogP contribution in [0, 0.1) is 0 Å². The van der Waals surface area contributed by atoms with Crippen LogP contribution in [0.25, 0.3) is 0 Å². The molecule has 0 aromatic rings. The first-order valence-electron chi connectivity index (χ1n) is 3.07. The Morgan fingerprint density at radius 3 is 2.50 bits per heavy atom. The number of carbonyl (C=O) groups excluding carboxylic acids is 2. The lowest BCUT2D eigenvalue weighted by Gasteiger charge is -2.01. The standard InChI is InChI=1S/C6H11NO3/c1-3-6(9)10-4-7-5(2)8/h3-4H2,1-2H3,(H,7,8). The summed E-state index contributed by atoms with van der Waals surface area (Å²) in [4.78, 5) is 20.6. The third kappa shape index (κ3) is 5.08. The van der Waals surface area contributed by atoms with Gasteiger partial charge in [0.2, 0.25) is 5.91 Å². The van der Waals surface area contributed by atoms with E-state index in [-0.39, 0.29) is 18.6 Å². The van der Waals surface area contributed by atoms with Gasteiger partial charge in [-0.1, -0.05) is 6.92 Å². The van der Waals surface area contributed by atoms with Gasteiger partial charge >= 0.3 is 5.97 Å². The van der Waals surface area contributed by atoms with Crippen molar-refractivity contribution in [3.63, 3.8) is 0 Å². The van der Waals surface area contributed by atoms with E-state index in [1.165, 1.54) is 6.92 Å². The summed E-state index contributed by atoms with van der Waals surface area (Å²) in [6.45, 7) is 3.03. The highest BCUT2D eigenvalue weighted by Crippen LogP contribution is 1.80. The lowest BCUT2D eigenvalue weighted by Crippen LogP contribution is -2.24. The predicted molar refractivity (Wildman–Crippen MR) is 35.1 cm³/mol. The van der Waals surface area contributed by atoms with Crippen molar-refractivity contribution in [3.05, 3.63) is 0 Å². The molecule has 0 aliphatic carbocycles. The molecular formula is C6H11NO3. The molecule has 0 heterocycles. The zero-order chi connectivity index (χ0) is 7.98. The van der Waals surface area contributed by atoms with Gasteiger partial charge in [-0.2, -0.15) is 0 Å². The largest absolute Gasteiger partial charge is 0.444 e. The zero-order valence-corrected chi connectivity index (χ0v) is 6.14. The second-order valence-electron chi connectivity index (χ2n) is 1.75. The summed E-state index contributed by atoms with van der Waals surface area (Å²) < 4.78 is 4.53. The van der Waals surface area contributed by atoms with E-state index < -0.39 is 0 Å². The first-order chi connectivity index (χ1) is 4.66.